The number of amides is 3. The molecule has 1 aliphatic heterocycles. The molecule has 4 aromatic rings. The van der Waals surface area contributed by atoms with Crippen LogP contribution in [0.25, 0.3) is 0 Å². The van der Waals surface area contributed by atoms with Gasteiger partial charge in [-0.25, -0.2) is 9.78 Å². The van der Waals surface area contributed by atoms with Crippen LogP contribution in [-0.4, -0.2) is 54.3 Å². The summed E-state index contributed by atoms with van der Waals surface area (Å²) in [6.07, 6.45) is -2.98. The third kappa shape index (κ3) is 6.42. The Hall–Kier alpha value is -5.17. The largest absolute Gasteiger partial charge is 0.416 e. The average molecular weight is 606 g/mol. The van der Waals surface area contributed by atoms with Gasteiger partial charge in [0.25, 0.3) is 5.91 Å². The van der Waals surface area contributed by atoms with Crippen molar-refractivity contribution in [2.24, 2.45) is 0 Å². The smallest absolute Gasteiger partial charge is 0.395 e. The van der Waals surface area contributed by atoms with Crippen LogP contribution in [-0.2, 0) is 12.7 Å². The zero-order valence-electron chi connectivity index (χ0n) is 24.2. The summed E-state index contributed by atoms with van der Waals surface area (Å²) in [4.78, 5) is 40.4. The number of carbonyl (C=O) groups excluding carboxylic acids is 2. The molecule has 0 aliphatic carbocycles. The van der Waals surface area contributed by atoms with Crippen molar-refractivity contribution < 1.29 is 27.9 Å². The second-order valence-corrected chi connectivity index (χ2v) is 10.4. The Balaban J connectivity index is 1.41. The average Bonchev–Trinajstić information content (AvgIpc) is 2.99. The zero-order chi connectivity index (χ0) is 31.6. The van der Waals surface area contributed by atoms with Crippen LogP contribution >= 0.6 is 0 Å². The summed E-state index contributed by atoms with van der Waals surface area (Å²) in [6, 6.07) is 16.2. The highest BCUT2D eigenvalue weighted by atomic mass is 19.4. The van der Waals surface area contributed by atoms with E-state index >= 15 is 0 Å². The molecule has 1 aliphatic rings. The Morgan fingerprint density at radius 2 is 1.82 bits per heavy atom. The third-order valence-electron chi connectivity index (χ3n) is 7.04. The van der Waals surface area contributed by atoms with Gasteiger partial charge in [0.1, 0.15) is 5.82 Å². The highest BCUT2D eigenvalue weighted by molar-refractivity contribution is 6.07. The Labute approximate surface area is 251 Å². The van der Waals surface area contributed by atoms with Gasteiger partial charge in [0.2, 0.25) is 5.95 Å². The Bertz CT molecular complexity index is 1710. The predicted octanol–water partition coefficient (Wildman–Crippen LogP) is 5.80. The number of rotatable bonds is 8. The number of nitrogens with one attached hydrogen (secondary N) is 2. The minimum Gasteiger partial charge on any atom is -0.395 e. The first-order valence-electron chi connectivity index (χ1n) is 13.6. The third-order valence-corrected chi connectivity index (χ3v) is 7.04. The molecule has 0 unspecified atom stereocenters. The van der Waals surface area contributed by atoms with E-state index < -0.39 is 23.7 Å². The van der Waals surface area contributed by atoms with E-state index in [0.29, 0.717) is 22.6 Å². The minimum atomic E-state index is -4.59. The number of alkyl halides is 3. The molecule has 0 saturated carbocycles. The van der Waals surface area contributed by atoms with Gasteiger partial charge in [-0.05, 0) is 61.0 Å². The lowest BCUT2D eigenvalue weighted by molar-refractivity contribution is -0.137. The maximum absolute atomic E-state index is 13.8. The van der Waals surface area contributed by atoms with Gasteiger partial charge in [-0.2, -0.15) is 18.2 Å². The minimum absolute atomic E-state index is 0.0279. The van der Waals surface area contributed by atoms with E-state index in [9.17, 15) is 27.9 Å². The lowest BCUT2D eigenvalue weighted by Gasteiger charge is -2.36. The fourth-order valence-corrected chi connectivity index (χ4v) is 4.78. The zero-order valence-corrected chi connectivity index (χ0v) is 24.2. The fourth-order valence-electron chi connectivity index (χ4n) is 4.78. The Morgan fingerprint density at radius 1 is 1.05 bits per heavy atom. The van der Waals surface area contributed by atoms with Crippen LogP contribution in [0.3, 0.4) is 0 Å². The van der Waals surface area contributed by atoms with Crippen molar-refractivity contribution in [3.8, 4) is 0 Å². The quantitative estimate of drug-likeness (QED) is 0.233. The standard InChI is InChI=1S/C31H30F3N7O3/c1-19-10-11-24(36-28(43)20-6-4-7-22(14-20)31(32,33)34)16-26(19)41-18-21-17-35-29(38-27(21)40(12-13-42)30(41)44)37-23-8-5-9-25(15-23)39(2)3/h4-11,14-17,42H,12-13,18H2,1-3H3,(H,36,43)(H,35,37,38). The summed E-state index contributed by atoms with van der Waals surface area (Å²) >= 11 is 0. The van der Waals surface area contributed by atoms with Gasteiger partial charge < -0.3 is 20.6 Å². The molecule has 3 amide bonds. The van der Waals surface area contributed by atoms with Gasteiger partial charge in [-0.15, -0.1) is 0 Å². The Morgan fingerprint density at radius 3 is 2.55 bits per heavy atom. The van der Waals surface area contributed by atoms with Crippen LogP contribution in [0.4, 0.5) is 52.5 Å². The molecule has 228 valence electrons. The molecule has 0 bridgehead atoms. The van der Waals surface area contributed by atoms with Crippen LogP contribution in [0.5, 0.6) is 0 Å². The van der Waals surface area contributed by atoms with Gasteiger partial charge in [0.15, 0.2) is 0 Å². The number of halogens is 3. The molecule has 13 heteroatoms. The molecule has 3 aromatic carbocycles. The molecule has 44 heavy (non-hydrogen) atoms. The lowest BCUT2D eigenvalue weighted by atomic mass is 10.1. The molecule has 0 radical (unpaired) electrons. The second-order valence-electron chi connectivity index (χ2n) is 10.4. The summed E-state index contributed by atoms with van der Waals surface area (Å²) in [5.74, 6) is -0.0970. The van der Waals surface area contributed by atoms with Gasteiger partial charge in [0, 0.05) is 48.5 Å². The number of aliphatic hydroxyl groups is 1. The van der Waals surface area contributed by atoms with Crippen molar-refractivity contribution in [3.63, 3.8) is 0 Å². The van der Waals surface area contributed by atoms with E-state index in [2.05, 4.69) is 20.6 Å². The van der Waals surface area contributed by atoms with Gasteiger partial charge >= 0.3 is 12.2 Å². The molecule has 1 aromatic heterocycles. The first-order valence-corrected chi connectivity index (χ1v) is 13.6. The van der Waals surface area contributed by atoms with Crippen LogP contribution in [0.2, 0.25) is 0 Å². The van der Waals surface area contributed by atoms with Crippen molar-refractivity contribution >= 4 is 46.5 Å². The second kappa shape index (κ2) is 12.2. The number of anilines is 6. The number of carbonyl (C=O) groups is 2. The van der Waals surface area contributed by atoms with Gasteiger partial charge in [-0.1, -0.05) is 18.2 Å². The number of β-amino-alcohol motifs (C(OH)–C–C–N with tert-alkyl or cyclic N) is 1. The maximum Gasteiger partial charge on any atom is 0.416 e. The topological polar surface area (TPSA) is 114 Å². The summed E-state index contributed by atoms with van der Waals surface area (Å²) < 4.78 is 39.4. The number of hydrogen-bond donors (Lipinski definition) is 3. The van der Waals surface area contributed by atoms with E-state index in [4.69, 9.17) is 0 Å². The van der Waals surface area contributed by atoms with E-state index in [1.807, 2.05) is 43.3 Å². The molecule has 3 N–H and O–H groups in total. The van der Waals surface area contributed by atoms with Crippen molar-refractivity contribution in [1.29, 1.82) is 0 Å². The molecule has 10 nitrogen and oxygen atoms in total. The van der Waals surface area contributed by atoms with Crippen LogP contribution in [0, 0.1) is 6.92 Å². The van der Waals surface area contributed by atoms with Crippen molar-refractivity contribution in [2.45, 2.75) is 19.6 Å². The number of aliphatic hydroxyl groups excluding tert-OH is 1. The monoisotopic (exact) mass is 605 g/mol. The molecule has 0 saturated heterocycles. The number of benzene rings is 3. The lowest BCUT2D eigenvalue weighted by Crippen LogP contribution is -2.49. The van der Waals surface area contributed by atoms with Gasteiger partial charge in [0.05, 0.1) is 30.9 Å². The van der Waals surface area contributed by atoms with Gasteiger partial charge in [-0.3, -0.25) is 14.6 Å². The molecule has 0 spiro atoms. The molecular weight excluding hydrogens is 575 g/mol. The molecule has 0 fully saturated rings. The van der Waals surface area contributed by atoms with E-state index in [1.165, 1.54) is 21.9 Å². The number of fused-ring (bicyclic) bond motifs is 1. The van der Waals surface area contributed by atoms with Crippen LogP contribution < -0.4 is 25.3 Å². The highest BCUT2D eigenvalue weighted by Gasteiger charge is 2.34. The Kier molecular flexibility index (Phi) is 8.41. The SMILES string of the molecule is Cc1ccc(NC(=O)c2cccc(C(F)(F)F)c2)cc1N1Cc2cnc(Nc3cccc(N(C)C)c3)nc2N(CCO)C1=O. The molecule has 2 heterocycles. The molecular formula is C31H30F3N7O3. The summed E-state index contributed by atoms with van der Waals surface area (Å²) in [7, 11) is 3.86. The van der Waals surface area contributed by atoms with Crippen molar-refractivity contribution in [1.82, 2.24) is 9.97 Å². The number of aryl methyl sites for hydroxylation is 1. The summed E-state index contributed by atoms with van der Waals surface area (Å²) in [5, 5.41) is 15.6. The van der Waals surface area contributed by atoms with E-state index in [-0.39, 0.29) is 36.9 Å². The molecule has 5 rings (SSSR count). The predicted molar refractivity (Wildman–Crippen MR) is 163 cm³/mol. The van der Waals surface area contributed by atoms with E-state index in [1.54, 1.807) is 31.3 Å². The number of nitrogens with zero attached hydrogens (tertiary/aromatic N) is 5. The van der Waals surface area contributed by atoms with Crippen LogP contribution in [0.1, 0.15) is 27.0 Å². The van der Waals surface area contributed by atoms with Crippen molar-refractivity contribution in [3.05, 3.63) is 95.2 Å². The van der Waals surface area contributed by atoms with Crippen LogP contribution in [0.15, 0.2) is 72.9 Å². The summed E-state index contributed by atoms with van der Waals surface area (Å²) in [5.41, 5.74) is 2.74. The number of aromatic nitrogens is 2. The fraction of sp³-hybridized carbons (Fsp3) is 0.226. The normalized spacial score (nSPS) is 13.0. The maximum atomic E-state index is 13.8. The summed E-state index contributed by atoms with van der Waals surface area (Å²) in [6.45, 7) is 1.55. The first kappa shape index (κ1) is 30.3. The number of hydrogen-bond acceptors (Lipinski definition) is 7. The number of urea groups is 1. The van der Waals surface area contributed by atoms with E-state index in [0.717, 1.165) is 23.5 Å². The molecule has 0 atom stereocenters. The van der Waals surface area contributed by atoms with Crippen molar-refractivity contribution in [2.75, 3.05) is 52.6 Å². The first-order chi connectivity index (χ1) is 20.9. The highest BCUT2D eigenvalue weighted by Crippen LogP contribution is 2.35.